The second-order valence-electron chi connectivity index (χ2n) is 3.52. The number of rotatable bonds is 2. The van der Waals surface area contributed by atoms with E-state index in [0.717, 1.165) is 5.01 Å². The van der Waals surface area contributed by atoms with Gasteiger partial charge < -0.3 is 5.21 Å². The van der Waals surface area contributed by atoms with Gasteiger partial charge in [0.1, 0.15) is 0 Å². The highest BCUT2D eigenvalue weighted by Crippen LogP contribution is 2.22. The number of carbonyl (C=O) groups is 1. The lowest BCUT2D eigenvalue weighted by molar-refractivity contribution is -0.384. The summed E-state index contributed by atoms with van der Waals surface area (Å²) in [5.41, 5.74) is 0.417. The van der Waals surface area contributed by atoms with Crippen LogP contribution in [0.3, 0.4) is 0 Å². The Balaban J connectivity index is 2.34. The van der Waals surface area contributed by atoms with Crippen LogP contribution in [0.25, 0.3) is 0 Å². The van der Waals surface area contributed by atoms with E-state index in [9.17, 15) is 14.9 Å². The van der Waals surface area contributed by atoms with Crippen LogP contribution in [0.2, 0.25) is 0 Å². The Hall–Kier alpha value is -2.77. The Labute approximate surface area is 101 Å². The standard InChI is InChI=1S/C10H8N4O4/c1-6-9(12-16)10(15)13(11-6)7-2-4-8(5-3-7)14(17)18/h2-5,16H,1H3. The van der Waals surface area contributed by atoms with E-state index in [1.807, 2.05) is 0 Å². The minimum atomic E-state index is -0.580. The van der Waals surface area contributed by atoms with Gasteiger partial charge in [0.2, 0.25) is 0 Å². The average molecular weight is 248 g/mol. The molecule has 0 saturated heterocycles. The lowest BCUT2D eigenvalue weighted by Crippen LogP contribution is -2.27. The Morgan fingerprint density at radius 1 is 1.39 bits per heavy atom. The van der Waals surface area contributed by atoms with Crippen molar-refractivity contribution in [1.29, 1.82) is 0 Å². The number of benzene rings is 1. The van der Waals surface area contributed by atoms with Gasteiger partial charge in [0.05, 0.1) is 16.3 Å². The topological polar surface area (TPSA) is 108 Å². The van der Waals surface area contributed by atoms with Crippen molar-refractivity contribution in [2.75, 3.05) is 5.01 Å². The lowest BCUT2D eigenvalue weighted by atomic mass is 10.2. The summed E-state index contributed by atoms with van der Waals surface area (Å²) in [4.78, 5) is 21.7. The van der Waals surface area contributed by atoms with E-state index in [-0.39, 0.29) is 17.1 Å². The molecule has 0 aromatic heterocycles. The van der Waals surface area contributed by atoms with Crippen molar-refractivity contribution in [2.24, 2.45) is 10.3 Å². The van der Waals surface area contributed by atoms with Gasteiger partial charge in [-0.05, 0) is 19.1 Å². The molecule has 18 heavy (non-hydrogen) atoms. The molecule has 0 bridgehead atoms. The fourth-order valence-electron chi connectivity index (χ4n) is 1.50. The largest absolute Gasteiger partial charge is 0.410 e. The van der Waals surface area contributed by atoms with E-state index < -0.39 is 10.8 Å². The van der Waals surface area contributed by atoms with E-state index in [1.54, 1.807) is 0 Å². The summed E-state index contributed by atoms with van der Waals surface area (Å²) >= 11 is 0. The van der Waals surface area contributed by atoms with Gasteiger partial charge in [-0.15, -0.1) is 0 Å². The highest BCUT2D eigenvalue weighted by Gasteiger charge is 2.31. The smallest absolute Gasteiger partial charge is 0.302 e. The second kappa shape index (κ2) is 4.24. The zero-order valence-electron chi connectivity index (χ0n) is 9.27. The molecule has 1 aliphatic heterocycles. The van der Waals surface area contributed by atoms with Crippen LogP contribution in [0.5, 0.6) is 0 Å². The van der Waals surface area contributed by atoms with E-state index in [0.29, 0.717) is 5.69 Å². The summed E-state index contributed by atoms with van der Waals surface area (Å²) in [5.74, 6) is -0.580. The van der Waals surface area contributed by atoms with Crippen LogP contribution in [0.1, 0.15) is 6.92 Å². The maximum absolute atomic E-state index is 11.8. The third-order valence-electron chi connectivity index (χ3n) is 2.39. The molecular weight excluding hydrogens is 240 g/mol. The van der Waals surface area contributed by atoms with Crippen LogP contribution >= 0.6 is 0 Å². The number of hydrogen-bond donors (Lipinski definition) is 1. The molecule has 0 spiro atoms. The molecule has 1 N–H and O–H groups in total. The molecule has 1 aromatic rings. The molecule has 0 aliphatic carbocycles. The summed E-state index contributed by atoms with van der Waals surface area (Å²) in [7, 11) is 0. The van der Waals surface area contributed by atoms with E-state index in [2.05, 4.69) is 10.3 Å². The van der Waals surface area contributed by atoms with Crippen molar-refractivity contribution in [3.05, 3.63) is 34.4 Å². The molecule has 0 fully saturated rings. The molecule has 0 atom stereocenters. The van der Waals surface area contributed by atoms with Crippen molar-refractivity contribution in [3.63, 3.8) is 0 Å². The number of hydrazone groups is 1. The summed E-state index contributed by atoms with van der Waals surface area (Å²) < 4.78 is 0. The number of non-ortho nitro benzene ring substituents is 1. The summed E-state index contributed by atoms with van der Waals surface area (Å²) in [5, 5.41) is 26.9. The predicted molar refractivity (Wildman–Crippen MR) is 62.9 cm³/mol. The number of hydrogen-bond acceptors (Lipinski definition) is 6. The Bertz CT molecular complexity index is 576. The van der Waals surface area contributed by atoms with Gasteiger partial charge in [0.25, 0.3) is 5.69 Å². The average Bonchev–Trinajstić information content (AvgIpc) is 2.64. The fourth-order valence-corrected chi connectivity index (χ4v) is 1.50. The third kappa shape index (κ3) is 1.79. The molecule has 8 nitrogen and oxygen atoms in total. The van der Waals surface area contributed by atoms with E-state index >= 15 is 0 Å². The Kier molecular flexibility index (Phi) is 2.76. The number of carbonyl (C=O) groups excluding carboxylic acids is 1. The molecule has 8 heteroatoms. The SMILES string of the molecule is CC1=NN(c2ccc([N+](=O)[O-])cc2)C(=O)C1=NO. The molecule has 0 unspecified atom stereocenters. The number of oxime groups is 1. The minimum Gasteiger partial charge on any atom is -0.410 e. The van der Waals surface area contributed by atoms with Crippen LogP contribution in [0.15, 0.2) is 34.5 Å². The molecule has 0 radical (unpaired) electrons. The highest BCUT2D eigenvalue weighted by molar-refractivity contribution is 6.71. The van der Waals surface area contributed by atoms with Gasteiger partial charge >= 0.3 is 5.91 Å². The summed E-state index contributed by atoms with van der Waals surface area (Å²) in [6.07, 6.45) is 0. The van der Waals surface area contributed by atoms with Gasteiger partial charge in [-0.3, -0.25) is 14.9 Å². The normalized spacial score (nSPS) is 17.2. The third-order valence-corrected chi connectivity index (χ3v) is 2.39. The number of nitro groups is 1. The predicted octanol–water partition coefficient (Wildman–Crippen LogP) is 1.15. The van der Waals surface area contributed by atoms with E-state index in [4.69, 9.17) is 5.21 Å². The monoisotopic (exact) mass is 248 g/mol. The van der Waals surface area contributed by atoms with Gasteiger partial charge in [-0.2, -0.15) is 10.1 Å². The Morgan fingerprint density at radius 3 is 2.44 bits per heavy atom. The first kappa shape index (κ1) is 11.7. The van der Waals surface area contributed by atoms with Gasteiger partial charge in [0, 0.05) is 12.1 Å². The molecule has 2 rings (SSSR count). The summed E-state index contributed by atoms with van der Waals surface area (Å²) in [6, 6.07) is 5.32. The number of amides is 1. The zero-order chi connectivity index (χ0) is 13.3. The number of anilines is 1. The van der Waals surface area contributed by atoms with Crippen LogP contribution in [-0.4, -0.2) is 27.5 Å². The first-order valence-corrected chi connectivity index (χ1v) is 4.91. The van der Waals surface area contributed by atoms with Crippen molar-refractivity contribution in [3.8, 4) is 0 Å². The van der Waals surface area contributed by atoms with Crippen molar-refractivity contribution in [1.82, 2.24) is 0 Å². The van der Waals surface area contributed by atoms with Crippen LogP contribution in [-0.2, 0) is 4.79 Å². The van der Waals surface area contributed by atoms with Gasteiger partial charge in [-0.1, -0.05) is 5.16 Å². The first-order chi connectivity index (χ1) is 8.54. The fraction of sp³-hybridized carbons (Fsp3) is 0.100. The lowest BCUT2D eigenvalue weighted by Gasteiger charge is -2.10. The van der Waals surface area contributed by atoms with E-state index in [1.165, 1.54) is 31.2 Å². The zero-order valence-corrected chi connectivity index (χ0v) is 9.27. The highest BCUT2D eigenvalue weighted by atomic mass is 16.6. The molecule has 1 heterocycles. The minimum absolute atomic E-state index is 0.0813. The Morgan fingerprint density at radius 2 is 2.00 bits per heavy atom. The van der Waals surface area contributed by atoms with Crippen LogP contribution in [0, 0.1) is 10.1 Å². The van der Waals surface area contributed by atoms with Crippen LogP contribution in [0.4, 0.5) is 11.4 Å². The van der Waals surface area contributed by atoms with Gasteiger partial charge in [0.15, 0.2) is 5.71 Å². The molecule has 1 amide bonds. The quantitative estimate of drug-likeness (QED) is 0.481. The van der Waals surface area contributed by atoms with Crippen molar-refractivity contribution in [2.45, 2.75) is 6.92 Å². The maximum Gasteiger partial charge on any atom is 0.302 e. The number of nitrogens with zero attached hydrogens (tertiary/aromatic N) is 4. The molecule has 1 aliphatic rings. The number of nitro benzene ring substituents is 1. The first-order valence-electron chi connectivity index (χ1n) is 4.91. The van der Waals surface area contributed by atoms with Crippen molar-refractivity contribution >= 4 is 28.7 Å². The molecular formula is C10H8N4O4. The van der Waals surface area contributed by atoms with Gasteiger partial charge in [-0.25, -0.2) is 0 Å². The second-order valence-corrected chi connectivity index (χ2v) is 3.52. The molecule has 0 saturated carbocycles. The van der Waals surface area contributed by atoms with Crippen LogP contribution < -0.4 is 5.01 Å². The maximum atomic E-state index is 11.8. The summed E-state index contributed by atoms with van der Waals surface area (Å²) in [6.45, 7) is 1.53. The molecule has 92 valence electrons. The molecule has 1 aromatic carbocycles. The van der Waals surface area contributed by atoms with Crippen molar-refractivity contribution < 1.29 is 14.9 Å².